The molecule has 3 aromatic rings. The number of rotatable bonds is 4. The van der Waals surface area contributed by atoms with Crippen molar-refractivity contribution in [1.82, 2.24) is 19.5 Å². The number of nitrogens with zero attached hydrogens (tertiary/aromatic N) is 5. The van der Waals surface area contributed by atoms with Gasteiger partial charge in [0.2, 0.25) is 5.65 Å². The molecular weight excluding hydrogens is 272 g/mol. The highest BCUT2D eigenvalue weighted by Gasteiger charge is 2.15. The maximum atomic E-state index is 10.8. The smallest absolute Gasteiger partial charge is 0.390 e. The van der Waals surface area contributed by atoms with Gasteiger partial charge in [-0.25, -0.2) is 4.98 Å². The average Bonchev–Trinajstić information content (AvgIpc) is 2.90. The molecule has 3 rings (SSSR count). The number of nitro groups is 1. The lowest BCUT2D eigenvalue weighted by atomic mass is 10.1. The molecule has 0 aliphatic rings. The highest BCUT2D eigenvalue weighted by Crippen LogP contribution is 2.15. The van der Waals surface area contributed by atoms with Crippen LogP contribution in [0.15, 0.2) is 36.8 Å². The minimum absolute atomic E-state index is 0.431. The number of fused-ring (bicyclic) bond motifs is 1. The van der Waals surface area contributed by atoms with E-state index < -0.39 is 10.9 Å². The van der Waals surface area contributed by atoms with E-state index >= 15 is 0 Å². The Morgan fingerprint density at radius 2 is 2.10 bits per heavy atom. The zero-order chi connectivity index (χ0) is 14.8. The van der Waals surface area contributed by atoms with Gasteiger partial charge < -0.3 is 15.8 Å². The molecule has 8 nitrogen and oxygen atoms in total. The Morgan fingerprint density at radius 1 is 1.29 bits per heavy atom. The Kier molecular flexibility index (Phi) is 3.28. The van der Waals surface area contributed by atoms with E-state index in [1.54, 1.807) is 10.9 Å². The van der Waals surface area contributed by atoms with Gasteiger partial charge in [-0.15, -0.1) is 0 Å². The maximum Gasteiger partial charge on any atom is 0.470 e. The summed E-state index contributed by atoms with van der Waals surface area (Å²) in [5, 5.41) is 10.8. The number of nitrogens with two attached hydrogens (primary N) is 1. The van der Waals surface area contributed by atoms with Crippen LogP contribution in [-0.2, 0) is 13.1 Å². The molecule has 0 fully saturated rings. The molecule has 0 unspecified atom stereocenters. The van der Waals surface area contributed by atoms with Crippen molar-refractivity contribution >= 4 is 17.1 Å². The van der Waals surface area contributed by atoms with Crippen LogP contribution >= 0.6 is 0 Å². The number of aromatic nitrogens is 4. The lowest BCUT2D eigenvalue weighted by Gasteiger charge is -2.04. The molecule has 0 saturated carbocycles. The van der Waals surface area contributed by atoms with Gasteiger partial charge in [0.05, 0.1) is 12.9 Å². The fourth-order valence-electron chi connectivity index (χ4n) is 2.10. The molecule has 21 heavy (non-hydrogen) atoms. The zero-order valence-electron chi connectivity index (χ0n) is 11.0. The van der Waals surface area contributed by atoms with Crippen LogP contribution in [0.3, 0.4) is 0 Å². The molecule has 0 saturated heterocycles. The van der Waals surface area contributed by atoms with Gasteiger partial charge in [0.25, 0.3) is 0 Å². The summed E-state index contributed by atoms with van der Waals surface area (Å²) < 4.78 is 1.75. The van der Waals surface area contributed by atoms with Crippen LogP contribution in [0.5, 0.6) is 0 Å². The molecule has 0 aliphatic heterocycles. The molecule has 0 spiro atoms. The maximum absolute atomic E-state index is 10.8. The molecule has 0 aliphatic carbocycles. The first-order valence-corrected chi connectivity index (χ1v) is 6.27. The Morgan fingerprint density at radius 3 is 2.86 bits per heavy atom. The monoisotopic (exact) mass is 284 g/mol. The molecule has 2 heterocycles. The van der Waals surface area contributed by atoms with Crippen LogP contribution in [0.2, 0.25) is 0 Å². The third-order valence-corrected chi connectivity index (χ3v) is 3.09. The van der Waals surface area contributed by atoms with E-state index in [9.17, 15) is 10.1 Å². The van der Waals surface area contributed by atoms with Gasteiger partial charge in [-0.2, -0.15) is 0 Å². The molecule has 0 amide bonds. The van der Waals surface area contributed by atoms with Gasteiger partial charge in [0, 0.05) is 6.54 Å². The van der Waals surface area contributed by atoms with Crippen molar-refractivity contribution in [3.63, 3.8) is 0 Å². The summed E-state index contributed by atoms with van der Waals surface area (Å²) in [6.45, 7) is 0.977. The Hall–Kier alpha value is -2.87. The summed E-state index contributed by atoms with van der Waals surface area (Å²) in [6.07, 6.45) is 2.95. The quantitative estimate of drug-likeness (QED) is 0.569. The number of hydrogen-bond acceptors (Lipinski definition) is 6. The Bertz CT molecular complexity index is 813. The van der Waals surface area contributed by atoms with Gasteiger partial charge in [-0.1, -0.05) is 29.2 Å². The standard InChI is InChI=1S/C13H12N6O2/c14-5-9-2-1-3-10(4-9)7-18-8-16-11-6-15-13(19(20)21)17-12(11)18/h1-4,6,8H,5,7,14H2. The van der Waals surface area contributed by atoms with Gasteiger partial charge >= 0.3 is 5.95 Å². The summed E-state index contributed by atoms with van der Waals surface area (Å²) in [7, 11) is 0. The summed E-state index contributed by atoms with van der Waals surface area (Å²) in [5.41, 5.74) is 8.64. The lowest BCUT2D eigenvalue weighted by Crippen LogP contribution is -2.03. The Labute approximate surface area is 119 Å². The van der Waals surface area contributed by atoms with E-state index in [0.29, 0.717) is 24.3 Å². The van der Waals surface area contributed by atoms with Gasteiger partial charge in [0.1, 0.15) is 6.20 Å². The van der Waals surface area contributed by atoms with E-state index in [4.69, 9.17) is 5.73 Å². The van der Waals surface area contributed by atoms with E-state index in [1.807, 2.05) is 24.3 Å². The van der Waals surface area contributed by atoms with Crippen LogP contribution in [0.25, 0.3) is 11.2 Å². The minimum atomic E-state index is -0.619. The second-order valence-corrected chi connectivity index (χ2v) is 4.53. The number of imidazole rings is 1. The van der Waals surface area contributed by atoms with Crippen LogP contribution in [-0.4, -0.2) is 24.4 Å². The first-order chi connectivity index (χ1) is 10.2. The zero-order valence-corrected chi connectivity index (χ0v) is 11.0. The first-order valence-electron chi connectivity index (χ1n) is 6.27. The third kappa shape index (κ3) is 2.56. The average molecular weight is 284 g/mol. The summed E-state index contributed by atoms with van der Waals surface area (Å²) >= 11 is 0. The number of benzene rings is 1. The van der Waals surface area contributed by atoms with E-state index in [-0.39, 0.29) is 0 Å². The first kappa shape index (κ1) is 13.1. The second kappa shape index (κ2) is 5.25. The fraction of sp³-hybridized carbons (Fsp3) is 0.154. The third-order valence-electron chi connectivity index (χ3n) is 3.09. The van der Waals surface area contributed by atoms with Crippen molar-refractivity contribution in [2.45, 2.75) is 13.1 Å². The lowest BCUT2D eigenvalue weighted by molar-refractivity contribution is -0.394. The molecule has 2 N–H and O–H groups in total. The van der Waals surface area contributed by atoms with Crippen LogP contribution in [0.4, 0.5) is 5.95 Å². The highest BCUT2D eigenvalue weighted by molar-refractivity contribution is 5.70. The van der Waals surface area contributed by atoms with E-state index in [1.165, 1.54) is 6.20 Å². The highest BCUT2D eigenvalue weighted by atomic mass is 16.6. The van der Waals surface area contributed by atoms with Crippen molar-refractivity contribution in [2.75, 3.05) is 0 Å². The molecule has 2 aromatic heterocycles. The second-order valence-electron chi connectivity index (χ2n) is 4.53. The molecule has 106 valence electrons. The molecular formula is C13H12N6O2. The van der Waals surface area contributed by atoms with Gasteiger partial charge in [-0.05, 0) is 21.0 Å². The van der Waals surface area contributed by atoms with Gasteiger partial charge in [-0.3, -0.25) is 4.57 Å². The normalized spacial score (nSPS) is 10.9. The molecule has 8 heteroatoms. The van der Waals surface area contributed by atoms with Crippen molar-refractivity contribution in [2.24, 2.45) is 5.73 Å². The molecule has 0 bridgehead atoms. The number of hydrogen-bond donors (Lipinski definition) is 1. The van der Waals surface area contributed by atoms with E-state index in [0.717, 1.165) is 11.1 Å². The SMILES string of the molecule is NCc1cccc(Cn2cnc3cnc([N+](=O)[O-])nc32)c1. The van der Waals surface area contributed by atoms with E-state index in [2.05, 4.69) is 15.0 Å². The van der Waals surface area contributed by atoms with Crippen molar-refractivity contribution in [3.8, 4) is 0 Å². The Balaban J connectivity index is 1.99. The molecule has 0 radical (unpaired) electrons. The predicted octanol–water partition coefficient (Wildman–Crippen LogP) is 1.24. The van der Waals surface area contributed by atoms with Crippen molar-refractivity contribution < 1.29 is 4.92 Å². The molecule has 1 aromatic carbocycles. The fourth-order valence-corrected chi connectivity index (χ4v) is 2.10. The largest absolute Gasteiger partial charge is 0.470 e. The van der Waals surface area contributed by atoms with Crippen LogP contribution in [0, 0.1) is 10.1 Å². The summed E-state index contributed by atoms with van der Waals surface area (Å²) in [5.74, 6) is -0.431. The summed E-state index contributed by atoms with van der Waals surface area (Å²) in [6, 6.07) is 7.82. The summed E-state index contributed by atoms with van der Waals surface area (Å²) in [4.78, 5) is 21.9. The molecule has 0 atom stereocenters. The minimum Gasteiger partial charge on any atom is -0.390 e. The topological polar surface area (TPSA) is 113 Å². The van der Waals surface area contributed by atoms with Gasteiger partial charge in [0.15, 0.2) is 5.52 Å². The van der Waals surface area contributed by atoms with Crippen LogP contribution < -0.4 is 5.73 Å². The van der Waals surface area contributed by atoms with Crippen molar-refractivity contribution in [3.05, 3.63) is 58.0 Å². The van der Waals surface area contributed by atoms with Crippen molar-refractivity contribution in [1.29, 1.82) is 0 Å². The predicted molar refractivity (Wildman–Crippen MR) is 75.4 cm³/mol. The van der Waals surface area contributed by atoms with Crippen LogP contribution in [0.1, 0.15) is 11.1 Å².